The van der Waals surface area contributed by atoms with Gasteiger partial charge in [-0.05, 0) is 0 Å². The van der Waals surface area contributed by atoms with Crippen LogP contribution in [0.15, 0.2) is 5.38 Å². The lowest BCUT2D eigenvalue weighted by Gasteiger charge is -2.13. The molecule has 0 aliphatic carbocycles. The van der Waals surface area contributed by atoms with Crippen LogP contribution in [0.1, 0.15) is 12.1 Å². The summed E-state index contributed by atoms with van der Waals surface area (Å²) in [4.78, 5) is 39.0. The summed E-state index contributed by atoms with van der Waals surface area (Å²) >= 11 is 2.83. The fourth-order valence-electron chi connectivity index (χ4n) is 1.71. The molecule has 0 radical (unpaired) electrons. The second-order valence-electron chi connectivity index (χ2n) is 4.43. The molecule has 7 nitrogen and oxygen atoms in total. The zero-order valence-corrected chi connectivity index (χ0v) is 13.1. The number of thiazole rings is 1. The third-order valence-electron chi connectivity index (χ3n) is 2.81. The lowest BCUT2D eigenvalue weighted by molar-refractivity contribution is -0.125. The van der Waals surface area contributed by atoms with Gasteiger partial charge in [-0.2, -0.15) is 11.8 Å². The van der Waals surface area contributed by atoms with Crippen molar-refractivity contribution in [3.63, 3.8) is 0 Å². The van der Waals surface area contributed by atoms with Crippen LogP contribution in [-0.2, 0) is 20.8 Å². The minimum absolute atomic E-state index is 0.111. The van der Waals surface area contributed by atoms with Gasteiger partial charge in [0.2, 0.25) is 17.7 Å². The van der Waals surface area contributed by atoms with E-state index in [1.807, 2.05) is 0 Å². The Hall–Kier alpha value is -1.61. The molecular weight excluding hydrogens is 312 g/mol. The first-order valence-corrected chi connectivity index (χ1v) is 8.45. The molecule has 1 aromatic rings. The number of hydrogen-bond acceptors (Lipinski definition) is 6. The lowest BCUT2D eigenvalue weighted by atomic mass is 10.3. The van der Waals surface area contributed by atoms with Crippen LogP contribution >= 0.6 is 23.1 Å². The fourth-order valence-corrected chi connectivity index (χ4v) is 3.39. The molecular formula is C12H16N4O3S2. The third kappa shape index (κ3) is 4.71. The number of carbonyl (C=O) groups is 3. The highest BCUT2D eigenvalue weighted by Gasteiger charge is 2.24. The largest absolute Gasteiger partial charge is 0.359 e. The monoisotopic (exact) mass is 328 g/mol. The first-order valence-electron chi connectivity index (χ1n) is 6.41. The van der Waals surface area contributed by atoms with E-state index in [0.717, 1.165) is 5.75 Å². The maximum atomic E-state index is 12.1. The van der Waals surface area contributed by atoms with Crippen molar-refractivity contribution in [3.05, 3.63) is 11.1 Å². The molecule has 1 aromatic heterocycles. The molecule has 0 aromatic carbocycles. The van der Waals surface area contributed by atoms with Crippen molar-refractivity contribution in [2.24, 2.45) is 0 Å². The molecule has 1 fully saturated rings. The van der Waals surface area contributed by atoms with Gasteiger partial charge in [-0.25, -0.2) is 4.98 Å². The molecule has 21 heavy (non-hydrogen) atoms. The van der Waals surface area contributed by atoms with E-state index in [2.05, 4.69) is 20.9 Å². The summed E-state index contributed by atoms with van der Waals surface area (Å²) in [6, 6.07) is -0.545. The van der Waals surface area contributed by atoms with Crippen molar-refractivity contribution in [3.8, 4) is 0 Å². The van der Waals surface area contributed by atoms with E-state index in [1.165, 1.54) is 11.3 Å². The standard InChI is InChI=1S/C12H16N4O3S2/c1-13-10(18)4-7-5-21-12(14-7)16-11(19)8-6-20-3-2-9(17)15-8/h5,8H,2-4,6H2,1H3,(H,13,18)(H,15,17)(H,14,16,19)/t8-/m1/s1. The Balaban J connectivity index is 1.92. The molecule has 2 heterocycles. The van der Waals surface area contributed by atoms with Gasteiger partial charge in [0.25, 0.3) is 0 Å². The topological polar surface area (TPSA) is 100 Å². The molecule has 2 rings (SSSR count). The van der Waals surface area contributed by atoms with Crippen molar-refractivity contribution in [2.45, 2.75) is 18.9 Å². The van der Waals surface area contributed by atoms with E-state index in [-0.39, 0.29) is 24.1 Å². The number of amides is 3. The van der Waals surface area contributed by atoms with E-state index in [1.54, 1.807) is 24.2 Å². The number of nitrogens with one attached hydrogen (secondary N) is 3. The van der Waals surface area contributed by atoms with Gasteiger partial charge in [-0.3, -0.25) is 14.4 Å². The number of hydrogen-bond donors (Lipinski definition) is 3. The van der Waals surface area contributed by atoms with Crippen LogP contribution in [0.2, 0.25) is 0 Å². The summed E-state index contributed by atoms with van der Waals surface area (Å²) in [6.45, 7) is 0. The zero-order valence-electron chi connectivity index (χ0n) is 11.5. The highest BCUT2D eigenvalue weighted by molar-refractivity contribution is 7.99. The predicted octanol–water partition coefficient (Wildman–Crippen LogP) is -0.00820. The second-order valence-corrected chi connectivity index (χ2v) is 6.44. The molecule has 0 saturated carbocycles. The predicted molar refractivity (Wildman–Crippen MR) is 82.4 cm³/mol. The van der Waals surface area contributed by atoms with Crippen LogP contribution in [-0.4, -0.2) is 47.3 Å². The van der Waals surface area contributed by atoms with Gasteiger partial charge in [0.1, 0.15) is 6.04 Å². The Labute approximate surface area is 130 Å². The van der Waals surface area contributed by atoms with E-state index >= 15 is 0 Å². The van der Waals surface area contributed by atoms with E-state index in [0.29, 0.717) is 23.0 Å². The van der Waals surface area contributed by atoms with Gasteiger partial charge in [-0.1, -0.05) is 0 Å². The fraction of sp³-hybridized carbons (Fsp3) is 0.500. The van der Waals surface area contributed by atoms with Gasteiger partial charge in [-0.15, -0.1) is 11.3 Å². The Morgan fingerprint density at radius 3 is 3.10 bits per heavy atom. The van der Waals surface area contributed by atoms with Crippen molar-refractivity contribution in [1.82, 2.24) is 15.6 Å². The van der Waals surface area contributed by atoms with Crippen LogP contribution in [0.4, 0.5) is 5.13 Å². The summed E-state index contributed by atoms with van der Waals surface area (Å²) in [5, 5.41) is 10.0. The normalized spacial score (nSPS) is 18.5. The summed E-state index contributed by atoms with van der Waals surface area (Å²) in [6.07, 6.45) is 0.612. The summed E-state index contributed by atoms with van der Waals surface area (Å²) in [5.41, 5.74) is 0.605. The molecule has 9 heteroatoms. The number of aromatic nitrogens is 1. The summed E-state index contributed by atoms with van der Waals surface area (Å²) in [7, 11) is 1.56. The number of nitrogens with zero attached hydrogens (tertiary/aromatic N) is 1. The highest BCUT2D eigenvalue weighted by Crippen LogP contribution is 2.17. The van der Waals surface area contributed by atoms with E-state index in [9.17, 15) is 14.4 Å². The zero-order chi connectivity index (χ0) is 15.2. The van der Waals surface area contributed by atoms with Crippen LogP contribution in [0.3, 0.4) is 0 Å². The Kier molecular flexibility index (Phi) is 5.57. The average Bonchev–Trinajstić information content (AvgIpc) is 2.76. The molecule has 0 bridgehead atoms. The SMILES string of the molecule is CNC(=O)Cc1csc(NC(=O)[C@H]2CSCCC(=O)N2)n1. The molecule has 3 amide bonds. The van der Waals surface area contributed by atoms with Crippen molar-refractivity contribution < 1.29 is 14.4 Å². The molecule has 114 valence electrons. The minimum Gasteiger partial charge on any atom is -0.359 e. The first-order chi connectivity index (χ1) is 10.1. The lowest BCUT2D eigenvalue weighted by Crippen LogP contribution is -2.44. The number of anilines is 1. The Bertz CT molecular complexity index is 546. The Morgan fingerprint density at radius 2 is 2.33 bits per heavy atom. The van der Waals surface area contributed by atoms with Crippen molar-refractivity contribution in [2.75, 3.05) is 23.9 Å². The van der Waals surface area contributed by atoms with Crippen molar-refractivity contribution in [1.29, 1.82) is 0 Å². The molecule has 1 aliphatic rings. The maximum Gasteiger partial charge on any atom is 0.249 e. The van der Waals surface area contributed by atoms with Crippen LogP contribution < -0.4 is 16.0 Å². The molecule has 1 saturated heterocycles. The molecule has 1 aliphatic heterocycles. The molecule has 0 spiro atoms. The number of thioether (sulfide) groups is 1. The van der Waals surface area contributed by atoms with Crippen LogP contribution in [0.25, 0.3) is 0 Å². The minimum atomic E-state index is -0.545. The second kappa shape index (κ2) is 7.41. The van der Waals surface area contributed by atoms with E-state index in [4.69, 9.17) is 0 Å². The van der Waals surface area contributed by atoms with Gasteiger partial charge >= 0.3 is 0 Å². The van der Waals surface area contributed by atoms with Gasteiger partial charge in [0, 0.05) is 30.4 Å². The van der Waals surface area contributed by atoms with Gasteiger partial charge in [0.15, 0.2) is 5.13 Å². The number of likely N-dealkylation sites (N-methyl/N-ethyl adjacent to an activating group) is 1. The molecule has 3 N–H and O–H groups in total. The third-order valence-corrected chi connectivity index (χ3v) is 4.68. The van der Waals surface area contributed by atoms with Crippen LogP contribution in [0, 0.1) is 0 Å². The average molecular weight is 328 g/mol. The van der Waals surface area contributed by atoms with Gasteiger partial charge in [0.05, 0.1) is 12.1 Å². The highest BCUT2D eigenvalue weighted by atomic mass is 32.2. The molecule has 1 atom stereocenters. The van der Waals surface area contributed by atoms with Crippen molar-refractivity contribution >= 4 is 46.0 Å². The maximum absolute atomic E-state index is 12.1. The molecule has 0 unspecified atom stereocenters. The quantitative estimate of drug-likeness (QED) is 0.722. The first kappa shape index (κ1) is 15.8. The Morgan fingerprint density at radius 1 is 1.52 bits per heavy atom. The van der Waals surface area contributed by atoms with E-state index < -0.39 is 6.04 Å². The summed E-state index contributed by atoms with van der Waals surface area (Å²) < 4.78 is 0. The number of rotatable bonds is 4. The smallest absolute Gasteiger partial charge is 0.249 e. The number of carbonyl (C=O) groups excluding carboxylic acids is 3. The summed E-state index contributed by atoms with van der Waals surface area (Å²) in [5.74, 6) is 0.751. The van der Waals surface area contributed by atoms with Crippen LogP contribution in [0.5, 0.6) is 0 Å². The van der Waals surface area contributed by atoms with Gasteiger partial charge < -0.3 is 16.0 Å².